The minimum absolute atomic E-state index is 0.120. The van der Waals surface area contributed by atoms with Crippen LogP contribution in [0.25, 0.3) is 0 Å². The molecular formula is C13H25N3O2S. The fourth-order valence-corrected chi connectivity index (χ4v) is 2.30. The largest absolute Gasteiger partial charge is 0.384 e. The second-order valence-electron chi connectivity index (χ2n) is 4.49. The summed E-state index contributed by atoms with van der Waals surface area (Å²) in [6, 6.07) is 2.10. The quantitative estimate of drug-likeness (QED) is 0.532. The summed E-state index contributed by atoms with van der Waals surface area (Å²) in [5, 5.41) is 8.64. The average molecular weight is 287 g/mol. The molecule has 0 aliphatic rings. The zero-order chi connectivity index (χ0) is 14.5. The Bertz CT molecular complexity index is 280. The molecule has 1 amide bonds. The van der Waals surface area contributed by atoms with Crippen LogP contribution >= 0.6 is 11.8 Å². The van der Waals surface area contributed by atoms with Crippen molar-refractivity contribution in [3.8, 4) is 6.07 Å². The number of carbonyl (C=O) groups excluding carboxylic acids is 1. The van der Waals surface area contributed by atoms with E-state index in [1.165, 1.54) is 0 Å². The van der Waals surface area contributed by atoms with Gasteiger partial charge in [0, 0.05) is 26.0 Å². The molecule has 110 valence electrons. The molecule has 19 heavy (non-hydrogen) atoms. The van der Waals surface area contributed by atoms with Gasteiger partial charge in [0.05, 0.1) is 24.8 Å². The van der Waals surface area contributed by atoms with Crippen LogP contribution in [0.15, 0.2) is 0 Å². The molecule has 0 fully saturated rings. The number of nitrogens with zero attached hydrogens (tertiary/aromatic N) is 3. The van der Waals surface area contributed by atoms with Crippen molar-refractivity contribution in [2.24, 2.45) is 0 Å². The van der Waals surface area contributed by atoms with Crippen LogP contribution in [-0.4, -0.2) is 74.7 Å². The van der Waals surface area contributed by atoms with Gasteiger partial charge in [-0.25, -0.2) is 0 Å². The lowest BCUT2D eigenvalue weighted by Gasteiger charge is -2.22. The van der Waals surface area contributed by atoms with Crippen molar-refractivity contribution in [2.45, 2.75) is 12.8 Å². The molecule has 0 aliphatic carbocycles. The topological polar surface area (TPSA) is 56.6 Å². The van der Waals surface area contributed by atoms with Crippen molar-refractivity contribution in [1.82, 2.24) is 9.80 Å². The van der Waals surface area contributed by atoms with Gasteiger partial charge in [-0.1, -0.05) is 0 Å². The molecule has 0 aromatic carbocycles. The van der Waals surface area contributed by atoms with Crippen molar-refractivity contribution >= 4 is 17.7 Å². The number of nitriles is 1. The Balaban J connectivity index is 4.01. The number of ether oxygens (including phenoxy) is 1. The molecule has 0 saturated carbocycles. The van der Waals surface area contributed by atoms with E-state index in [9.17, 15) is 4.79 Å². The van der Waals surface area contributed by atoms with Crippen molar-refractivity contribution in [2.75, 3.05) is 59.0 Å². The minimum atomic E-state index is 0.120. The lowest BCUT2D eigenvalue weighted by Crippen LogP contribution is -2.35. The van der Waals surface area contributed by atoms with Crippen LogP contribution < -0.4 is 0 Å². The maximum absolute atomic E-state index is 12.0. The van der Waals surface area contributed by atoms with Gasteiger partial charge in [-0.2, -0.15) is 5.26 Å². The molecule has 0 N–H and O–H groups in total. The lowest BCUT2D eigenvalue weighted by atomic mass is 10.3. The first-order chi connectivity index (χ1) is 9.11. The highest BCUT2D eigenvalue weighted by Gasteiger charge is 2.12. The molecule has 0 saturated heterocycles. The van der Waals surface area contributed by atoms with Crippen molar-refractivity contribution in [3.05, 3.63) is 0 Å². The summed E-state index contributed by atoms with van der Waals surface area (Å²) < 4.78 is 4.95. The standard InChI is InChI=1S/C13H25N3O2S/c1-15(2)7-5-9-16(8-4-6-14)13(17)12-19-11-10-18-3/h4-5,7-12H2,1-3H3. The van der Waals surface area contributed by atoms with Crippen molar-refractivity contribution < 1.29 is 9.53 Å². The SMILES string of the molecule is COCCSCC(=O)N(CCC#N)CCCN(C)C. The number of carbonyl (C=O) groups is 1. The number of thioether (sulfide) groups is 1. The summed E-state index contributed by atoms with van der Waals surface area (Å²) >= 11 is 1.58. The minimum Gasteiger partial charge on any atom is -0.384 e. The highest BCUT2D eigenvalue weighted by atomic mass is 32.2. The van der Waals surface area contributed by atoms with Crippen LogP contribution in [-0.2, 0) is 9.53 Å². The van der Waals surface area contributed by atoms with E-state index in [-0.39, 0.29) is 5.91 Å². The Hall–Kier alpha value is -0.770. The Morgan fingerprint density at radius 1 is 1.32 bits per heavy atom. The Kier molecular flexibility index (Phi) is 11.8. The second-order valence-corrected chi connectivity index (χ2v) is 5.60. The van der Waals surface area contributed by atoms with Crippen molar-refractivity contribution in [3.63, 3.8) is 0 Å². The third-order valence-corrected chi connectivity index (χ3v) is 3.44. The van der Waals surface area contributed by atoms with Crippen LogP contribution in [0.5, 0.6) is 0 Å². The van der Waals surface area contributed by atoms with Crippen LogP contribution in [0.4, 0.5) is 0 Å². The highest BCUT2D eigenvalue weighted by molar-refractivity contribution is 7.99. The van der Waals surface area contributed by atoms with Gasteiger partial charge in [0.2, 0.25) is 5.91 Å². The van der Waals surface area contributed by atoms with Crippen LogP contribution in [0, 0.1) is 11.3 Å². The molecule has 0 rings (SSSR count). The molecular weight excluding hydrogens is 262 g/mol. The zero-order valence-corrected chi connectivity index (χ0v) is 13.0. The molecule has 0 bridgehead atoms. The summed E-state index contributed by atoms with van der Waals surface area (Å²) in [5.74, 6) is 1.41. The first kappa shape index (κ1) is 18.2. The van der Waals surface area contributed by atoms with E-state index < -0.39 is 0 Å². The summed E-state index contributed by atoms with van der Waals surface area (Å²) in [4.78, 5) is 15.9. The number of hydrogen-bond acceptors (Lipinski definition) is 5. The predicted octanol–water partition coefficient (Wildman–Crippen LogP) is 1.06. The van der Waals surface area contributed by atoms with Gasteiger partial charge in [0.1, 0.15) is 0 Å². The maximum Gasteiger partial charge on any atom is 0.232 e. The molecule has 6 heteroatoms. The number of hydrogen-bond donors (Lipinski definition) is 0. The van der Waals surface area contributed by atoms with Gasteiger partial charge in [-0.15, -0.1) is 11.8 Å². The van der Waals surface area contributed by atoms with Gasteiger partial charge >= 0.3 is 0 Å². The van der Waals surface area contributed by atoms with E-state index in [0.717, 1.165) is 25.3 Å². The summed E-state index contributed by atoms with van der Waals surface area (Å²) in [7, 11) is 5.69. The maximum atomic E-state index is 12.0. The average Bonchev–Trinajstić information content (AvgIpc) is 2.38. The Labute approximate surface area is 120 Å². The number of amides is 1. The summed E-state index contributed by atoms with van der Waals surface area (Å²) in [6.07, 6.45) is 1.34. The van der Waals surface area contributed by atoms with E-state index in [2.05, 4.69) is 11.0 Å². The third-order valence-electron chi connectivity index (χ3n) is 2.54. The molecule has 0 heterocycles. The smallest absolute Gasteiger partial charge is 0.232 e. The second kappa shape index (κ2) is 12.3. The number of methoxy groups -OCH3 is 1. The van der Waals surface area contributed by atoms with E-state index >= 15 is 0 Å². The number of rotatable bonds is 11. The van der Waals surface area contributed by atoms with E-state index in [1.54, 1.807) is 23.8 Å². The monoisotopic (exact) mass is 287 g/mol. The van der Waals surface area contributed by atoms with Gasteiger partial charge in [0.25, 0.3) is 0 Å². The summed E-state index contributed by atoms with van der Waals surface area (Å²) in [6.45, 7) is 2.88. The van der Waals surface area contributed by atoms with Gasteiger partial charge in [-0.3, -0.25) is 4.79 Å². The van der Waals surface area contributed by atoms with Crippen LogP contribution in [0.2, 0.25) is 0 Å². The van der Waals surface area contributed by atoms with E-state index in [1.807, 2.05) is 14.1 Å². The van der Waals surface area contributed by atoms with Gasteiger partial charge in [0.15, 0.2) is 0 Å². The lowest BCUT2D eigenvalue weighted by molar-refractivity contribution is -0.128. The molecule has 0 spiro atoms. The molecule has 0 aliphatic heterocycles. The normalized spacial score (nSPS) is 10.5. The van der Waals surface area contributed by atoms with Gasteiger partial charge in [-0.05, 0) is 27.1 Å². The first-order valence-corrected chi connectivity index (χ1v) is 7.63. The Morgan fingerprint density at radius 2 is 2.05 bits per heavy atom. The fourth-order valence-electron chi connectivity index (χ4n) is 1.52. The van der Waals surface area contributed by atoms with Crippen LogP contribution in [0.1, 0.15) is 12.8 Å². The van der Waals surface area contributed by atoms with Crippen molar-refractivity contribution in [1.29, 1.82) is 5.26 Å². The molecule has 0 unspecified atom stereocenters. The fraction of sp³-hybridized carbons (Fsp3) is 0.846. The van der Waals surface area contributed by atoms with E-state index in [0.29, 0.717) is 25.3 Å². The van der Waals surface area contributed by atoms with Crippen LogP contribution in [0.3, 0.4) is 0 Å². The third kappa shape index (κ3) is 10.8. The summed E-state index contributed by atoms with van der Waals surface area (Å²) in [5.41, 5.74) is 0. The molecule has 0 aromatic rings. The first-order valence-electron chi connectivity index (χ1n) is 6.48. The predicted molar refractivity (Wildman–Crippen MR) is 79.2 cm³/mol. The zero-order valence-electron chi connectivity index (χ0n) is 12.2. The molecule has 0 atom stereocenters. The van der Waals surface area contributed by atoms with Gasteiger partial charge < -0.3 is 14.5 Å². The highest BCUT2D eigenvalue weighted by Crippen LogP contribution is 2.04. The molecule has 0 aromatic heterocycles. The molecule has 0 radical (unpaired) electrons. The molecule has 5 nitrogen and oxygen atoms in total. The van der Waals surface area contributed by atoms with E-state index in [4.69, 9.17) is 10.00 Å². The Morgan fingerprint density at radius 3 is 2.63 bits per heavy atom.